The summed E-state index contributed by atoms with van der Waals surface area (Å²) in [6.07, 6.45) is -0.871. The number of carbonyl (C=O) groups excluding carboxylic acids is 1. The van der Waals surface area contributed by atoms with Crippen LogP contribution < -0.4 is 10.1 Å². The summed E-state index contributed by atoms with van der Waals surface area (Å²) in [5.41, 5.74) is -0.878. The zero-order valence-corrected chi connectivity index (χ0v) is 23.2. The number of aliphatic carboxylic acids is 1. The maximum Gasteiger partial charge on any atom is 0.408 e. The largest absolute Gasteiger partial charge is 0.490 e. The quantitative estimate of drug-likeness (QED) is 0.229. The highest BCUT2D eigenvalue weighted by atomic mass is 127. The number of benzene rings is 2. The minimum atomic E-state index is -3.91. The summed E-state index contributed by atoms with van der Waals surface area (Å²) >= 11 is 2.05. The predicted octanol–water partition coefficient (Wildman–Crippen LogP) is 4.29. The van der Waals surface area contributed by atoms with Gasteiger partial charge < -0.3 is 19.9 Å². The molecule has 0 heterocycles. The Kier molecular flexibility index (Phi) is 9.54. The lowest BCUT2D eigenvalue weighted by Crippen LogP contribution is -2.54. The van der Waals surface area contributed by atoms with E-state index in [0.29, 0.717) is 11.3 Å². The molecule has 0 aliphatic heterocycles. The van der Waals surface area contributed by atoms with Crippen molar-refractivity contribution in [3.8, 4) is 5.75 Å². The molecule has 1 amide bonds. The number of rotatable bonds is 10. The minimum absolute atomic E-state index is 0.0346. The molecule has 2 aromatic rings. The Bertz CT molecular complexity index is 1160. The molecule has 0 fully saturated rings. The van der Waals surface area contributed by atoms with Crippen LogP contribution in [0.15, 0.2) is 47.4 Å². The topological polar surface area (TPSA) is 128 Å². The minimum Gasteiger partial charge on any atom is -0.490 e. The van der Waals surface area contributed by atoms with Crippen LogP contribution in [0.2, 0.25) is 0 Å². The zero-order chi connectivity index (χ0) is 26.4. The van der Waals surface area contributed by atoms with E-state index < -0.39 is 33.3 Å². The summed E-state index contributed by atoms with van der Waals surface area (Å²) in [5, 5.41) is 12.2. The van der Waals surface area contributed by atoms with E-state index >= 15 is 0 Å². The SMILES string of the molecule is Cc1ccc(S(=O)(=O)OCCOc2cc(C[C@](C)(NC(=O)OC(C)(C)C)C(=O)O)ccc2I)cc1. The van der Waals surface area contributed by atoms with Crippen LogP contribution in [0.5, 0.6) is 5.75 Å². The third-order valence-corrected chi connectivity index (χ3v) is 6.91. The third kappa shape index (κ3) is 8.97. The first-order valence-electron chi connectivity index (χ1n) is 10.7. The zero-order valence-electron chi connectivity index (χ0n) is 20.3. The number of carbonyl (C=O) groups is 2. The van der Waals surface area contributed by atoms with Crippen LogP contribution in [0.4, 0.5) is 4.79 Å². The van der Waals surface area contributed by atoms with Gasteiger partial charge in [-0.15, -0.1) is 0 Å². The smallest absolute Gasteiger partial charge is 0.408 e. The Hall–Kier alpha value is -2.38. The molecule has 35 heavy (non-hydrogen) atoms. The molecular weight excluding hydrogens is 589 g/mol. The second kappa shape index (κ2) is 11.6. The van der Waals surface area contributed by atoms with Crippen LogP contribution in [0.3, 0.4) is 0 Å². The van der Waals surface area contributed by atoms with Gasteiger partial charge in [0.05, 0.1) is 8.47 Å². The van der Waals surface area contributed by atoms with Gasteiger partial charge in [0, 0.05) is 6.42 Å². The molecule has 2 aromatic carbocycles. The van der Waals surface area contributed by atoms with Crippen molar-refractivity contribution in [1.29, 1.82) is 0 Å². The van der Waals surface area contributed by atoms with Crippen LogP contribution in [-0.2, 0) is 30.3 Å². The fourth-order valence-electron chi connectivity index (χ4n) is 2.95. The number of carboxylic acid groups (broad SMARTS) is 1. The molecule has 192 valence electrons. The second-order valence-electron chi connectivity index (χ2n) is 9.14. The number of halogens is 1. The molecule has 2 rings (SSSR count). The van der Waals surface area contributed by atoms with Crippen LogP contribution in [-0.4, -0.2) is 49.9 Å². The normalized spacial score (nSPS) is 13.5. The molecule has 0 bridgehead atoms. The third-order valence-electron chi connectivity index (χ3n) is 4.69. The molecular formula is C24H30INO8S. The first kappa shape index (κ1) is 28.9. The fraction of sp³-hybridized carbons (Fsp3) is 0.417. The maximum atomic E-state index is 12.3. The van der Waals surface area contributed by atoms with Crippen molar-refractivity contribution in [1.82, 2.24) is 5.32 Å². The van der Waals surface area contributed by atoms with Gasteiger partial charge in [-0.1, -0.05) is 23.8 Å². The van der Waals surface area contributed by atoms with E-state index in [2.05, 4.69) is 27.9 Å². The van der Waals surface area contributed by atoms with E-state index in [4.69, 9.17) is 13.7 Å². The number of amides is 1. The molecule has 0 saturated heterocycles. The Morgan fingerprint density at radius 2 is 1.66 bits per heavy atom. The van der Waals surface area contributed by atoms with E-state index in [1.165, 1.54) is 19.1 Å². The Balaban J connectivity index is 2.04. The molecule has 0 saturated carbocycles. The van der Waals surface area contributed by atoms with Crippen molar-refractivity contribution < 1.29 is 36.8 Å². The first-order valence-corrected chi connectivity index (χ1v) is 13.2. The lowest BCUT2D eigenvalue weighted by molar-refractivity contribution is -0.144. The molecule has 0 radical (unpaired) electrons. The van der Waals surface area contributed by atoms with Gasteiger partial charge in [0.2, 0.25) is 0 Å². The van der Waals surface area contributed by atoms with Crippen LogP contribution in [0, 0.1) is 10.5 Å². The van der Waals surface area contributed by atoms with Gasteiger partial charge in [0.1, 0.15) is 30.1 Å². The second-order valence-corrected chi connectivity index (χ2v) is 11.9. The lowest BCUT2D eigenvalue weighted by Gasteiger charge is -2.28. The van der Waals surface area contributed by atoms with Gasteiger partial charge >= 0.3 is 12.1 Å². The molecule has 1 atom stereocenters. The highest BCUT2D eigenvalue weighted by Gasteiger charge is 2.36. The predicted molar refractivity (Wildman–Crippen MR) is 138 cm³/mol. The van der Waals surface area contributed by atoms with E-state index in [0.717, 1.165) is 9.13 Å². The van der Waals surface area contributed by atoms with Crippen molar-refractivity contribution >= 4 is 44.8 Å². The van der Waals surface area contributed by atoms with Gasteiger partial charge in [-0.2, -0.15) is 8.42 Å². The monoisotopic (exact) mass is 619 g/mol. The number of nitrogens with one attached hydrogen (secondary N) is 1. The van der Waals surface area contributed by atoms with Gasteiger partial charge in [-0.3, -0.25) is 4.18 Å². The molecule has 0 aromatic heterocycles. The maximum absolute atomic E-state index is 12.3. The van der Waals surface area contributed by atoms with E-state index in [9.17, 15) is 23.1 Å². The number of ether oxygens (including phenoxy) is 2. The van der Waals surface area contributed by atoms with Crippen molar-refractivity contribution in [2.45, 2.75) is 57.1 Å². The van der Waals surface area contributed by atoms with E-state index in [1.54, 1.807) is 51.1 Å². The molecule has 9 nitrogen and oxygen atoms in total. The van der Waals surface area contributed by atoms with Gasteiger partial charge in [-0.05, 0) is 87.0 Å². The van der Waals surface area contributed by atoms with Crippen molar-refractivity contribution in [3.05, 3.63) is 57.2 Å². The molecule has 0 aliphatic rings. The standard InChI is InChI=1S/C24H30INO8S/c1-16-6-9-18(10-7-16)35(30,31)33-13-12-32-20-14-17(8-11-19(20)25)15-24(5,21(27)28)26-22(29)34-23(2,3)4/h6-11,14H,12-13,15H2,1-5H3,(H,26,29)(H,27,28)/t24-/m0/s1. The average Bonchev–Trinajstić information content (AvgIpc) is 2.72. The summed E-state index contributed by atoms with van der Waals surface area (Å²) in [5.74, 6) is -0.788. The van der Waals surface area contributed by atoms with Crippen molar-refractivity contribution in [2.24, 2.45) is 0 Å². The first-order chi connectivity index (χ1) is 16.1. The highest BCUT2D eigenvalue weighted by molar-refractivity contribution is 14.1. The Morgan fingerprint density at radius 1 is 1.03 bits per heavy atom. The van der Waals surface area contributed by atoms with Crippen LogP contribution in [0.1, 0.15) is 38.8 Å². The molecule has 0 spiro atoms. The summed E-state index contributed by atoms with van der Waals surface area (Å²) < 4.78 is 41.3. The number of hydrogen-bond acceptors (Lipinski definition) is 7. The summed E-state index contributed by atoms with van der Waals surface area (Å²) in [7, 11) is -3.91. The number of aryl methyl sites for hydroxylation is 1. The number of alkyl carbamates (subject to hydrolysis) is 1. The van der Waals surface area contributed by atoms with Gasteiger partial charge in [0.25, 0.3) is 10.1 Å². The lowest BCUT2D eigenvalue weighted by atomic mass is 9.93. The van der Waals surface area contributed by atoms with Crippen molar-refractivity contribution in [3.63, 3.8) is 0 Å². The van der Waals surface area contributed by atoms with Crippen LogP contribution in [0.25, 0.3) is 0 Å². The Morgan fingerprint density at radius 3 is 2.23 bits per heavy atom. The van der Waals surface area contributed by atoms with Crippen LogP contribution >= 0.6 is 22.6 Å². The number of carboxylic acids is 1. The summed E-state index contributed by atoms with van der Waals surface area (Å²) in [6.45, 7) is 8.05. The molecule has 0 aliphatic carbocycles. The fourth-order valence-corrected chi connectivity index (χ4v) is 4.33. The van der Waals surface area contributed by atoms with Gasteiger partial charge in [-0.25, -0.2) is 9.59 Å². The highest BCUT2D eigenvalue weighted by Crippen LogP contribution is 2.25. The summed E-state index contributed by atoms with van der Waals surface area (Å²) in [6, 6.07) is 11.4. The summed E-state index contributed by atoms with van der Waals surface area (Å²) in [4.78, 5) is 24.2. The number of hydrogen-bond donors (Lipinski definition) is 2. The molecule has 2 N–H and O–H groups in total. The van der Waals surface area contributed by atoms with E-state index in [-0.39, 0.29) is 24.5 Å². The Labute approximate surface area is 219 Å². The van der Waals surface area contributed by atoms with Gasteiger partial charge in [0.15, 0.2) is 0 Å². The van der Waals surface area contributed by atoms with Crippen molar-refractivity contribution in [2.75, 3.05) is 13.2 Å². The molecule has 11 heteroatoms. The van der Waals surface area contributed by atoms with E-state index in [1.807, 2.05) is 6.92 Å². The average molecular weight is 619 g/mol. The molecule has 0 unspecified atom stereocenters.